The standard InChI is InChI=1S/C17H19Cl2N3O2/c1-11-14(17(19)24-21-11)5-6-16(23)22-8-7-20-10-15(22)12-3-2-4-13(18)9-12/h2-4,9,15,20H,5-8,10H2,1H3. The van der Waals surface area contributed by atoms with Gasteiger partial charge in [0, 0.05) is 36.6 Å². The van der Waals surface area contributed by atoms with Crippen LogP contribution in [0.15, 0.2) is 28.8 Å². The first-order valence-corrected chi connectivity index (χ1v) is 8.68. The monoisotopic (exact) mass is 367 g/mol. The van der Waals surface area contributed by atoms with E-state index in [1.165, 1.54) is 0 Å². The van der Waals surface area contributed by atoms with Gasteiger partial charge >= 0.3 is 0 Å². The summed E-state index contributed by atoms with van der Waals surface area (Å²) in [5.41, 5.74) is 2.58. The minimum atomic E-state index is -0.0102. The molecule has 1 N–H and O–H groups in total. The van der Waals surface area contributed by atoms with Gasteiger partial charge in [0.05, 0.1) is 11.7 Å². The maximum atomic E-state index is 12.8. The minimum absolute atomic E-state index is 0.0102. The Labute approximate surface area is 150 Å². The Hall–Kier alpha value is -1.56. The van der Waals surface area contributed by atoms with Gasteiger partial charge in [0.25, 0.3) is 0 Å². The van der Waals surface area contributed by atoms with Gasteiger partial charge in [-0.3, -0.25) is 4.79 Å². The number of carbonyl (C=O) groups is 1. The molecule has 1 unspecified atom stereocenters. The average Bonchev–Trinajstić information content (AvgIpc) is 2.91. The summed E-state index contributed by atoms with van der Waals surface area (Å²) in [6.45, 7) is 4.01. The van der Waals surface area contributed by atoms with Crippen molar-refractivity contribution in [2.75, 3.05) is 19.6 Å². The van der Waals surface area contributed by atoms with Crippen LogP contribution in [0, 0.1) is 6.92 Å². The zero-order valence-electron chi connectivity index (χ0n) is 13.4. The summed E-state index contributed by atoms with van der Waals surface area (Å²) in [4.78, 5) is 14.7. The van der Waals surface area contributed by atoms with E-state index in [0.29, 0.717) is 24.4 Å². The van der Waals surface area contributed by atoms with E-state index in [9.17, 15) is 4.79 Å². The molecule has 1 aliphatic heterocycles. The highest BCUT2D eigenvalue weighted by molar-refractivity contribution is 6.30. The van der Waals surface area contributed by atoms with Gasteiger partial charge in [-0.15, -0.1) is 0 Å². The summed E-state index contributed by atoms with van der Waals surface area (Å²) in [6, 6.07) is 7.66. The van der Waals surface area contributed by atoms with Crippen LogP contribution in [-0.2, 0) is 11.2 Å². The highest BCUT2D eigenvalue weighted by atomic mass is 35.5. The van der Waals surface area contributed by atoms with E-state index in [0.717, 1.165) is 29.9 Å². The number of rotatable bonds is 4. The maximum absolute atomic E-state index is 12.8. The molecule has 1 amide bonds. The normalized spacial score (nSPS) is 18.0. The third-order valence-electron chi connectivity index (χ3n) is 4.32. The molecule has 1 atom stereocenters. The molecule has 1 fully saturated rings. The molecule has 1 saturated heterocycles. The fourth-order valence-electron chi connectivity index (χ4n) is 3.03. The molecule has 24 heavy (non-hydrogen) atoms. The zero-order valence-corrected chi connectivity index (χ0v) is 14.9. The lowest BCUT2D eigenvalue weighted by Crippen LogP contribution is -2.48. The number of halogens is 2. The molecule has 2 aromatic rings. The second-order valence-corrected chi connectivity index (χ2v) is 6.66. The number of piperazine rings is 1. The topological polar surface area (TPSA) is 58.4 Å². The van der Waals surface area contributed by atoms with E-state index in [4.69, 9.17) is 27.7 Å². The van der Waals surface area contributed by atoms with Crippen molar-refractivity contribution in [2.45, 2.75) is 25.8 Å². The number of benzene rings is 1. The minimum Gasteiger partial charge on any atom is -0.344 e. The van der Waals surface area contributed by atoms with Gasteiger partial charge in [-0.2, -0.15) is 0 Å². The SMILES string of the molecule is Cc1noc(Cl)c1CCC(=O)N1CCNCC1c1cccc(Cl)c1. The first-order chi connectivity index (χ1) is 11.6. The van der Waals surface area contributed by atoms with Gasteiger partial charge in [-0.1, -0.05) is 28.9 Å². The zero-order chi connectivity index (χ0) is 17.1. The molecular weight excluding hydrogens is 349 g/mol. The van der Waals surface area contributed by atoms with Crippen LogP contribution in [0.25, 0.3) is 0 Å². The predicted octanol–water partition coefficient (Wildman–Crippen LogP) is 3.40. The number of hydrogen-bond acceptors (Lipinski definition) is 4. The summed E-state index contributed by atoms with van der Waals surface area (Å²) in [5.74, 6) is 0.0955. The lowest BCUT2D eigenvalue weighted by atomic mass is 10.0. The smallest absolute Gasteiger partial charge is 0.229 e. The van der Waals surface area contributed by atoms with Gasteiger partial charge in [-0.25, -0.2) is 0 Å². The summed E-state index contributed by atoms with van der Waals surface area (Å²) < 4.78 is 4.94. The fraction of sp³-hybridized carbons (Fsp3) is 0.412. The van der Waals surface area contributed by atoms with Crippen LogP contribution < -0.4 is 5.32 Å². The molecule has 0 aliphatic carbocycles. The second-order valence-electron chi connectivity index (χ2n) is 5.88. The Bertz CT molecular complexity index is 713. The van der Waals surface area contributed by atoms with E-state index in [-0.39, 0.29) is 17.2 Å². The van der Waals surface area contributed by atoms with Gasteiger partial charge < -0.3 is 14.7 Å². The van der Waals surface area contributed by atoms with Gasteiger partial charge in [0.2, 0.25) is 11.1 Å². The van der Waals surface area contributed by atoms with Crippen LogP contribution in [0.4, 0.5) is 0 Å². The predicted molar refractivity (Wildman–Crippen MR) is 93.3 cm³/mol. The van der Waals surface area contributed by atoms with Crippen molar-refractivity contribution in [3.05, 3.63) is 51.3 Å². The first-order valence-electron chi connectivity index (χ1n) is 7.92. The van der Waals surface area contributed by atoms with E-state index in [2.05, 4.69) is 10.5 Å². The maximum Gasteiger partial charge on any atom is 0.229 e. The van der Waals surface area contributed by atoms with Crippen LogP contribution in [0.1, 0.15) is 29.3 Å². The molecule has 0 bridgehead atoms. The van der Waals surface area contributed by atoms with Gasteiger partial charge in [0.1, 0.15) is 0 Å². The summed E-state index contributed by atoms with van der Waals surface area (Å²) in [7, 11) is 0. The molecule has 0 spiro atoms. The molecule has 0 radical (unpaired) electrons. The van der Waals surface area contributed by atoms with Gasteiger partial charge in [0.15, 0.2) is 0 Å². The third-order valence-corrected chi connectivity index (χ3v) is 4.85. The Morgan fingerprint density at radius 3 is 3.00 bits per heavy atom. The van der Waals surface area contributed by atoms with Crippen molar-refractivity contribution < 1.29 is 9.32 Å². The van der Waals surface area contributed by atoms with Crippen molar-refractivity contribution in [3.63, 3.8) is 0 Å². The molecule has 2 heterocycles. The summed E-state index contributed by atoms with van der Waals surface area (Å²) >= 11 is 12.1. The van der Waals surface area contributed by atoms with Crippen molar-refractivity contribution in [1.82, 2.24) is 15.4 Å². The van der Waals surface area contributed by atoms with Crippen LogP contribution in [0.2, 0.25) is 10.2 Å². The van der Waals surface area contributed by atoms with Crippen molar-refractivity contribution in [3.8, 4) is 0 Å². The molecule has 3 rings (SSSR count). The van der Waals surface area contributed by atoms with Crippen LogP contribution in [0.5, 0.6) is 0 Å². The Morgan fingerprint density at radius 2 is 2.29 bits per heavy atom. The van der Waals surface area contributed by atoms with Gasteiger partial charge in [-0.05, 0) is 42.6 Å². The number of nitrogens with zero attached hydrogens (tertiary/aromatic N) is 2. The molecule has 1 aromatic carbocycles. The largest absolute Gasteiger partial charge is 0.344 e. The van der Waals surface area contributed by atoms with Crippen LogP contribution in [0.3, 0.4) is 0 Å². The molecule has 0 saturated carbocycles. The third kappa shape index (κ3) is 3.74. The Balaban J connectivity index is 1.72. The summed E-state index contributed by atoms with van der Waals surface area (Å²) in [6.07, 6.45) is 0.901. The quantitative estimate of drug-likeness (QED) is 0.899. The second kappa shape index (κ2) is 7.55. The Kier molecular flexibility index (Phi) is 5.43. The molecule has 128 valence electrons. The highest BCUT2D eigenvalue weighted by Gasteiger charge is 2.28. The summed E-state index contributed by atoms with van der Waals surface area (Å²) in [5, 5.41) is 8.11. The van der Waals surface area contributed by atoms with E-state index >= 15 is 0 Å². The molecule has 5 nitrogen and oxygen atoms in total. The number of hydrogen-bond donors (Lipinski definition) is 1. The van der Waals surface area contributed by atoms with Crippen LogP contribution >= 0.6 is 23.2 Å². The molecule has 1 aromatic heterocycles. The van der Waals surface area contributed by atoms with E-state index in [1.807, 2.05) is 36.1 Å². The number of aryl methyl sites for hydroxylation is 1. The number of aromatic nitrogens is 1. The van der Waals surface area contributed by atoms with E-state index in [1.54, 1.807) is 0 Å². The lowest BCUT2D eigenvalue weighted by molar-refractivity contribution is -0.134. The number of amides is 1. The average molecular weight is 368 g/mol. The highest BCUT2D eigenvalue weighted by Crippen LogP contribution is 2.26. The van der Waals surface area contributed by atoms with E-state index < -0.39 is 0 Å². The molecule has 1 aliphatic rings. The molecule has 7 heteroatoms. The van der Waals surface area contributed by atoms with Crippen molar-refractivity contribution in [1.29, 1.82) is 0 Å². The van der Waals surface area contributed by atoms with Crippen molar-refractivity contribution >= 4 is 29.1 Å². The van der Waals surface area contributed by atoms with Crippen molar-refractivity contribution in [2.24, 2.45) is 0 Å². The number of carbonyl (C=O) groups excluding carboxylic acids is 1. The fourth-order valence-corrected chi connectivity index (χ4v) is 3.49. The first kappa shape index (κ1) is 17.3. The number of nitrogens with one attached hydrogen (secondary N) is 1. The Morgan fingerprint density at radius 1 is 1.46 bits per heavy atom. The lowest BCUT2D eigenvalue weighted by Gasteiger charge is -2.36. The molecular formula is C17H19Cl2N3O2. The van der Waals surface area contributed by atoms with Crippen LogP contribution in [-0.4, -0.2) is 35.6 Å².